The van der Waals surface area contributed by atoms with Gasteiger partial charge in [-0.1, -0.05) is 0 Å². The van der Waals surface area contributed by atoms with Crippen LogP contribution in [0.15, 0.2) is 36.4 Å². The molecule has 1 unspecified atom stereocenters. The second-order valence-corrected chi connectivity index (χ2v) is 7.26. The van der Waals surface area contributed by atoms with Crippen molar-refractivity contribution in [1.29, 1.82) is 0 Å². The van der Waals surface area contributed by atoms with E-state index in [1.54, 1.807) is 19.1 Å². The number of phenolic OH excluding ortho intramolecular Hbond substituents is 6. The Hall–Kier alpha value is -3.54. The molecule has 0 heterocycles. The fourth-order valence-corrected chi connectivity index (χ4v) is 4.09. The smallest absolute Gasteiger partial charge is 0.157 e. The zero-order valence-electron chi connectivity index (χ0n) is 15.1. The first-order chi connectivity index (χ1) is 13.2. The van der Waals surface area contributed by atoms with Gasteiger partial charge in [-0.2, -0.15) is 0 Å². The van der Waals surface area contributed by atoms with E-state index in [1.807, 2.05) is 0 Å². The van der Waals surface area contributed by atoms with Gasteiger partial charge >= 0.3 is 0 Å². The second kappa shape index (κ2) is 6.27. The second-order valence-electron chi connectivity index (χ2n) is 7.26. The maximum absolute atomic E-state index is 10.5. The van der Waals surface area contributed by atoms with Gasteiger partial charge in [-0.25, -0.2) is 0 Å². The van der Waals surface area contributed by atoms with Crippen LogP contribution in [-0.2, 0) is 12.8 Å². The summed E-state index contributed by atoms with van der Waals surface area (Å²) in [6.07, 6.45) is 0.706. The molecule has 1 aliphatic carbocycles. The van der Waals surface area contributed by atoms with E-state index >= 15 is 0 Å². The molecule has 144 valence electrons. The molecule has 28 heavy (non-hydrogen) atoms. The summed E-state index contributed by atoms with van der Waals surface area (Å²) in [4.78, 5) is 0. The first kappa shape index (κ1) is 17.9. The maximum atomic E-state index is 10.5. The summed E-state index contributed by atoms with van der Waals surface area (Å²) in [7, 11) is 0. The van der Waals surface area contributed by atoms with Crippen molar-refractivity contribution < 1.29 is 30.6 Å². The Morgan fingerprint density at radius 3 is 2.11 bits per heavy atom. The predicted molar refractivity (Wildman–Crippen MR) is 102 cm³/mol. The van der Waals surface area contributed by atoms with Crippen LogP contribution >= 0.6 is 0 Å². The van der Waals surface area contributed by atoms with Crippen molar-refractivity contribution >= 4 is 0 Å². The van der Waals surface area contributed by atoms with Gasteiger partial charge in [0.15, 0.2) is 11.5 Å². The normalized spacial score (nSPS) is 15.1. The van der Waals surface area contributed by atoms with Gasteiger partial charge in [0.05, 0.1) is 0 Å². The van der Waals surface area contributed by atoms with E-state index in [2.05, 4.69) is 0 Å². The molecule has 0 spiro atoms. The molecule has 0 aromatic heterocycles. The third-order valence-electron chi connectivity index (χ3n) is 5.47. The molecule has 0 fully saturated rings. The molecule has 0 radical (unpaired) electrons. The molecule has 1 aliphatic rings. The fraction of sp³-hybridized carbons (Fsp3) is 0.182. The van der Waals surface area contributed by atoms with Crippen LogP contribution in [0.3, 0.4) is 0 Å². The zero-order valence-corrected chi connectivity index (χ0v) is 15.1. The first-order valence-electron chi connectivity index (χ1n) is 8.85. The van der Waals surface area contributed by atoms with Gasteiger partial charge in [0.1, 0.15) is 23.0 Å². The number of aromatic hydroxyl groups is 6. The van der Waals surface area contributed by atoms with E-state index in [1.165, 1.54) is 24.3 Å². The molecular formula is C22H20O6. The van der Waals surface area contributed by atoms with Crippen LogP contribution in [0.25, 0.3) is 0 Å². The monoisotopic (exact) mass is 380 g/mol. The lowest BCUT2D eigenvalue weighted by Gasteiger charge is -2.30. The Kier molecular flexibility index (Phi) is 4.00. The largest absolute Gasteiger partial charge is 0.508 e. The van der Waals surface area contributed by atoms with Crippen LogP contribution in [0.2, 0.25) is 0 Å². The molecule has 1 atom stereocenters. The number of hydrogen-bond donors (Lipinski definition) is 6. The Balaban J connectivity index is 1.93. The minimum atomic E-state index is -0.411. The van der Waals surface area contributed by atoms with Gasteiger partial charge in [0.2, 0.25) is 0 Å². The maximum Gasteiger partial charge on any atom is 0.157 e. The van der Waals surface area contributed by atoms with Crippen LogP contribution in [0.1, 0.15) is 39.3 Å². The van der Waals surface area contributed by atoms with E-state index in [0.717, 1.165) is 11.1 Å². The van der Waals surface area contributed by atoms with E-state index in [0.29, 0.717) is 35.1 Å². The molecule has 0 bridgehead atoms. The average molecular weight is 380 g/mol. The fourth-order valence-electron chi connectivity index (χ4n) is 4.09. The summed E-state index contributed by atoms with van der Waals surface area (Å²) in [5, 5.41) is 60.3. The third kappa shape index (κ3) is 2.83. The molecule has 0 amide bonds. The van der Waals surface area contributed by atoms with Crippen molar-refractivity contribution in [3.8, 4) is 34.5 Å². The molecule has 4 rings (SSSR count). The van der Waals surface area contributed by atoms with Crippen molar-refractivity contribution in [2.24, 2.45) is 0 Å². The van der Waals surface area contributed by atoms with E-state index in [9.17, 15) is 30.6 Å². The van der Waals surface area contributed by atoms with Gasteiger partial charge in [0.25, 0.3) is 0 Å². The molecule has 6 nitrogen and oxygen atoms in total. The summed E-state index contributed by atoms with van der Waals surface area (Å²) in [5.74, 6) is -1.15. The van der Waals surface area contributed by atoms with Crippen molar-refractivity contribution in [2.45, 2.75) is 25.7 Å². The van der Waals surface area contributed by atoms with Gasteiger partial charge in [-0.15, -0.1) is 0 Å². The number of phenols is 6. The van der Waals surface area contributed by atoms with Crippen molar-refractivity contribution in [3.63, 3.8) is 0 Å². The number of benzene rings is 3. The molecule has 3 aromatic rings. The van der Waals surface area contributed by atoms with Crippen LogP contribution in [0.4, 0.5) is 0 Å². The topological polar surface area (TPSA) is 121 Å². The minimum Gasteiger partial charge on any atom is -0.508 e. The standard InChI is InChI=1S/C22H20O6/c1-10-11(3-14(23)7-18(10)25)5-17-16-9-20(27)19(26)6-12(16)2-13-4-15(24)8-21(28)22(13)17/h3-4,6-9,17,23-28H,2,5H2,1H3. The van der Waals surface area contributed by atoms with Gasteiger partial charge in [-0.3, -0.25) is 0 Å². The lowest BCUT2D eigenvalue weighted by Crippen LogP contribution is -2.16. The third-order valence-corrected chi connectivity index (χ3v) is 5.47. The molecule has 3 aromatic carbocycles. The predicted octanol–water partition coefficient (Wildman–Crippen LogP) is 3.51. The Morgan fingerprint density at radius 2 is 1.36 bits per heavy atom. The molecule has 0 aliphatic heterocycles. The summed E-state index contributed by atoms with van der Waals surface area (Å²) in [6.45, 7) is 1.74. The first-order valence-corrected chi connectivity index (χ1v) is 8.85. The molecular weight excluding hydrogens is 360 g/mol. The Morgan fingerprint density at radius 1 is 0.714 bits per heavy atom. The summed E-state index contributed by atoms with van der Waals surface area (Å²) in [5.41, 5.74) is 4.10. The highest BCUT2D eigenvalue weighted by Gasteiger charge is 2.31. The molecule has 6 N–H and O–H groups in total. The quantitative estimate of drug-likeness (QED) is 0.379. The summed E-state index contributed by atoms with van der Waals surface area (Å²) >= 11 is 0. The van der Waals surface area contributed by atoms with E-state index in [-0.39, 0.29) is 34.5 Å². The highest BCUT2D eigenvalue weighted by atomic mass is 16.3. The summed E-state index contributed by atoms with van der Waals surface area (Å²) in [6, 6.07) is 8.62. The van der Waals surface area contributed by atoms with Crippen molar-refractivity contribution in [3.05, 3.63) is 69.8 Å². The number of hydrogen-bond acceptors (Lipinski definition) is 6. The van der Waals surface area contributed by atoms with Gasteiger partial charge in [-0.05, 0) is 71.8 Å². The minimum absolute atomic E-state index is 0.0327. The van der Waals surface area contributed by atoms with Crippen molar-refractivity contribution in [1.82, 2.24) is 0 Å². The van der Waals surface area contributed by atoms with Crippen LogP contribution < -0.4 is 0 Å². The van der Waals surface area contributed by atoms with Gasteiger partial charge < -0.3 is 30.6 Å². The molecule has 0 saturated carbocycles. The number of fused-ring (bicyclic) bond motifs is 2. The van der Waals surface area contributed by atoms with Crippen LogP contribution in [-0.4, -0.2) is 30.6 Å². The van der Waals surface area contributed by atoms with Crippen molar-refractivity contribution in [2.75, 3.05) is 0 Å². The lowest BCUT2D eigenvalue weighted by molar-refractivity contribution is 0.401. The molecule has 0 saturated heterocycles. The Labute approximate surface area is 161 Å². The highest BCUT2D eigenvalue weighted by molar-refractivity contribution is 5.61. The Bertz CT molecular complexity index is 1100. The zero-order chi connectivity index (χ0) is 20.2. The molecule has 6 heteroatoms. The average Bonchev–Trinajstić information content (AvgIpc) is 2.60. The number of rotatable bonds is 2. The van der Waals surface area contributed by atoms with E-state index < -0.39 is 5.92 Å². The highest BCUT2D eigenvalue weighted by Crippen LogP contribution is 2.47. The van der Waals surface area contributed by atoms with Gasteiger partial charge in [0, 0.05) is 23.6 Å². The SMILES string of the molecule is Cc1c(O)cc(O)cc1CC1c2cc(O)c(O)cc2Cc2cc(O)cc(O)c21. The lowest BCUT2D eigenvalue weighted by atomic mass is 9.74. The van der Waals surface area contributed by atoms with Crippen LogP contribution in [0, 0.1) is 6.92 Å². The summed E-state index contributed by atoms with van der Waals surface area (Å²) < 4.78 is 0. The van der Waals surface area contributed by atoms with Crippen LogP contribution in [0.5, 0.6) is 34.5 Å². The van der Waals surface area contributed by atoms with E-state index in [4.69, 9.17) is 0 Å².